The van der Waals surface area contributed by atoms with E-state index in [1.54, 1.807) is 30.3 Å². The Morgan fingerprint density at radius 1 is 1.07 bits per heavy atom. The topological polar surface area (TPSA) is 131 Å². The van der Waals surface area contributed by atoms with Gasteiger partial charge in [0, 0.05) is 24.7 Å². The monoisotopic (exact) mass is 379 g/mol. The molecule has 0 aromatic heterocycles. The smallest absolute Gasteiger partial charge is 0.407 e. The zero-order valence-corrected chi connectivity index (χ0v) is 14.7. The number of likely N-dealkylation sites (tertiary alicyclic amines) is 1. The van der Waals surface area contributed by atoms with Crippen LogP contribution in [0.15, 0.2) is 48.5 Å². The molecule has 2 amide bonds. The van der Waals surface area contributed by atoms with Crippen LogP contribution in [0.2, 0.25) is 0 Å². The summed E-state index contributed by atoms with van der Waals surface area (Å²) in [5, 5.41) is 30.3. The lowest BCUT2D eigenvalue weighted by molar-refractivity contribution is -0.119. The third-order valence-electron chi connectivity index (χ3n) is 4.75. The van der Waals surface area contributed by atoms with Gasteiger partial charge in [-0.25, -0.2) is 9.59 Å². The molecule has 1 aliphatic rings. The van der Waals surface area contributed by atoms with E-state index >= 15 is 0 Å². The molecule has 1 heterocycles. The Bertz CT molecular complexity index is 982. The lowest BCUT2D eigenvalue weighted by atomic mass is 9.87. The van der Waals surface area contributed by atoms with E-state index in [9.17, 15) is 24.6 Å². The van der Waals surface area contributed by atoms with Crippen molar-refractivity contribution in [1.82, 2.24) is 4.90 Å². The molecule has 1 fully saturated rings. The number of carbonyl (C=O) groups is 3. The Morgan fingerprint density at radius 2 is 1.82 bits per heavy atom. The number of amides is 2. The van der Waals surface area contributed by atoms with Gasteiger partial charge >= 0.3 is 12.1 Å². The second kappa shape index (κ2) is 7.80. The normalized spacial score (nSPS) is 18.3. The van der Waals surface area contributed by atoms with Gasteiger partial charge in [0.05, 0.1) is 23.1 Å². The van der Waals surface area contributed by atoms with Crippen LogP contribution >= 0.6 is 0 Å². The molecule has 3 N–H and O–H groups in total. The SMILES string of the molecule is N#Cc1cccc(NC(=O)[C@@H]2CN(C(=O)O)C[C@H]2c2cccc(C(=O)O)c2)c1. The minimum atomic E-state index is -1.14. The van der Waals surface area contributed by atoms with E-state index in [4.69, 9.17) is 5.26 Å². The molecule has 1 aliphatic heterocycles. The Kier molecular flexibility index (Phi) is 5.27. The number of carboxylic acid groups (broad SMARTS) is 2. The van der Waals surface area contributed by atoms with Crippen molar-refractivity contribution in [3.63, 3.8) is 0 Å². The van der Waals surface area contributed by atoms with Crippen LogP contribution < -0.4 is 5.32 Å². The molecule has 0 spiro atoms. The third-order valence-corrected chi connectivity index (χ3v) is 4.75. The van der Waals surface area contributed by atoms with Gasteiger partial charge in [-0.2, -0.15) is 5.26 Å². The molecule has 1 saturated heterocycles. The summed E-state index contributed by atoms with van der Waals surface area (Å²) >= 11 is 0. The average molecular weight is 379 g/mol. The molecule has 142 valence electrons. The zero-order valence-electron chi connectivity index (χ0n) is 14.7. The number of rotatable bonds is 4. The van der Waals surface area contributed by atoms with Crippen molar-refractivity contribution in [2.75, 3.05) is 18.4 Å². The van der Waals surface area contributed by atoms with E-state index < -0.39 is 23.9 Å². The number of nitrogens with zero attached hydrogens (tertiary/aromatic N) is 2. The van der Waals surface area contributed by atoms with E-state index in [2.05, 4.69) is 5.32 Å². The highest BCUT2D eigenvalue weighted by molar-refractivity contribution is 5.94. The van der Waals surface area contributed by atoms with E-state index in [1.165, 1.54) is 18.2 Å². The van der Waals surface area contributed by atoms with E-state index in [0.29, 0.717) is 16.8 Å². The number of nitrogens with one attached hydrogen (secondary N) is 1. The summed E-state index contributed by atoms with van der Waals surface area (Å²) in [7, 11) is 0. The molecule has 8 nitrogen and oxygen atoms in total. The van der Waals surface area contributed by atoms with Crippen LogP contribution in [0, 0.1) is 17.2 Å². The first-order chi connectivity index (χ1) is 13.4. The molecule has 0 radical (unpaired) electrons. The number of hydrogen-bond donors (Lipinski definition) is 3. The fraction of sp³-hybridized carbons (Fsp3) is 0.200. The standard InChI is InChI=1S/C20H17N3O5/c21-9-12-3-1-6-15(7-12)22-18(24)17-11-23(20(27)28)10-16(17)13-4-2-5-14(8-13)19(25)26/h1-8,16-17H,10-11H2,(H,22,24)(H,25,26)(H,27,28)/t16-,17+/m0/s1. The fourth-order valence-electron chi connectivity index (χ4n) is 3.37. The van der Waals surface area contributed by atoms with Crippen LogP contribution in [-0.4, -0.2) is 46.2 Å². The van der Waals surface area contributed by atoms with Crippen molar-refractivity contribution >= 4 is 23.7 Å². The summed E-state index contributed by atoms with van der Waals surface area (Å²) in [5.41, 5.74) is 1.50. The van der Waals surface area contributed by atoms with E-state index in [1.807, 2.05) is 6.07 Å². The predicted molar refractivity (Wildman–Crippen MR) is 99.0 cm³/mol. The summed E-state index contributed by atoms with van der Waals surface area (Å²) in [4.78, 5) is 36.7. The van der Waals surface area contributed by atoms with Crippen molar-refractivity contribution in [2.45, 2.75) is 5.92 Å². The number of carbonyl (C=O) groups excluding carboxylic acids is 1. The van der Waals surface area contributed by atoms with Crippen LogP contribution in [0.4, 0.5) is 10.5 Å². The fourth-order valence-corrected chi connectivity index (χ4v) is 3.37. The van der Waals surface area contributed by atoms with Gasteiger partial charge in [-0.1, -0.05) is 18.2 Å². The summed E-state index contributed by atoms with van der Waals surface area (Å²) < 4.78 is 0. The van der Waals surface area contributed by atoms with Crippen molar-refractivity contribution < 1.29 is 24.6 Å². The van der Waals surface area contributed by atoms with Crippen molar-refractivity contribution in [3.8, 4) is 6.07 Å². The number of hydrogen-bond acceptors (Lipinski definition) is 4. The number of nitriles is 1. The second-order valence-electron chi connectivity index (χ2n) is 6.51. The van der Waals surface area contributed by atoms with Crippen LogP contribution in [0.5, 0.6) is 0 Å². The maximum atomic E-state index is 12.9. The molecule has 2 aromatic rings. The van der Waals surface area contributed by atoms with Gasteiger partial charge in [0.15, 0.2) is 0 Å². The molecule has 0 saturated carbocycles. The molecule has 2 atom stereocenters. The average Bonchev–Trinajstić information content (AvgIpc) is 3.14. The first-order valence-corrected chi connectivity index (χ1v) is 8.51. The Hall–Kier alpha value is -3.86. The molecular weight excluding hydrogens is 362 g/mol. The predicted octanol–water partition coefficient (Wildman–Crippen LogP) is 2.59. The first kappa shape index (κ1) is 18.9. The van der Waals surface area contributed by atoms with Gasteiger partial charge in [0.25, 0.3) is 0 Å². The summed E-state index contributed by atoms with van der Waals surface area (Å²) in [5.74, 6) is -2.64. The van der Waals surface area contributed by atoms with Crippen LogP contribution in [0.3, 0.4) is 0 Å². The van der Waals surface area contributed by atoms with Gasteiger partial charge in [-0.15, -0.1) is 0 Å². The van der Waals surface area contributed by atoms with Gasteiger partial charge < -0.3 is 20.4 Å². The highest BCUT2D eigenvalue weighted by Gasteiger charge is 2.40. The summed E-state index contributed by atoms with van der Waals surface area (Å²) in [6, 6.07) is 14.6. The minimum Gasteiger partial charge on any atom is -0.478 e. The molecular formula is C20H17N3O5. The Balaban J connectivity index is 1.88. The van der Waals surface area contributed by atoms with E-state index in [-0.39, 0.29) is 24.6 Å². The molecule has 2 aromatic carbocycles. The Labute approximate surface area is 160 Å². The number of aromatic carboxylic acids is 1. The third kappa shape index (κ3) is 3.94. The van der Waals surface area contributed by atoms with Gasteiger partial charge in [0.1, 0.15) is 0 Å². The van der Waals surface area contributed by atoms with Crippen molar-refractivity contribution in [2.24, 2.45) is 5.92 Å². The molecule has 3 rings (SSSR count). The number of benzene rings is 2. The maximum Gasteiger partial charge on any atom is 0.407 e. The zero-order chi connectivity index (χ0) is 20.3. The molecule has 0 bridgehead atoms. The van der Waals surface area contributed by atoms with Crippen LogP contribution in [0.25, 0.3) is 0 Å². The van der Waals surface area contributed by atoms with E-state index in [0.717, 1.165) is 4.90 Å². The highest BCUT2D eigenvalue weighted by Crippen LogP contribution is 2.34. The van der Waals surface area contributed by atoms with Crippen molar-refractivity contribution in [3.05, 3.63) is 65.2 Å². The van der Waals surface area contributed by atoms with Crippen molar-refractivity contribution in [1.29, 1.82) is 5.26 Å². The molecule has 8 heteroatoms. The second-order valence-corrected chi connectivity index (χ2v) is 6.51. The van der Waals surface area contributed by atoms with Crippen LogP contribution in [-0.2, 0) is 4.79 Å². The van der Waals surface area contributed by atoms with Gasteiger partial charge in [-0.3, -0.25) is 4.79 Å². The maximum absolute atomic E-state index is 12.9. The van der Waals surface area contributed by atoms with Gasteiger partial charge in [0.2, 0.25) is 5.91 Å². The van der Waals surface area contributed by atoms with Gasteiger partial charge in [-0.05, 0) is 35.9 Å². The molecule has 0 unspecified atom stereocenters. The quantitative estimate of drug-likeness (QED) is 0.748. The number of anilines is 1. The lowest BCUT2D eigenvalue weighted by Gasteiger charge is -2.18. The van der Waals surface area contributed by atoms with Crippen LogP contribution in [0.1, 0.15) is 27.4 Å². The summed E-state index contributed by atoms with van der Waals surface area (Å²) in [6.07, 6.45) is -1.14. The largest absolute Gasteiger partial charge is 0.478 e. The lowest BCUT2D eigenvalue weighted by Crippen LogP contribution is -2.30. The molecule has 28 heavy (non-hydrogen) atoms. The Morgan fingerprint density at radius 3 is 2.50 bits per heavy atom. The minimum absolute atomic E-state index is 0.00106. The first-order valence-electron chi connectivity index (χ1n) is 8.51. The summed E-state index contributed by atoms with van der Waals surface area (Å²) in [6.45, 7) is 0.0931. The number of carboxylic acids is 1. The highest BCUT2D eigenvalue weighted by atomic mass is 16.4. The molecule has 0 aliphatic carbocycles.